The van der Waals surface area contributed by atoms with Crippen molar-refractivity contribution in [1.29, 1.82) is 0 Å². The van der Waals surface area contributed by atoms with Crippen LogP contribution in [0.15, 0.2) is 24.3 Å². The molecule has 0 spiro atoms. The van der Waals surface area contributed by atoms with Gasteiger partial charge in [0.05, 0.1) is 39.0 Å². The van der Waals surface area contributed by atoms with Crippen molar-refractivity contribution in [3.05, 3.63) is 35.4 Å². The lowest BCUT2D eigenvalue weighted by Gasteiger charge is -2.30. The molecule has 1 fully saturated rings. The summed E-state index contributed by atoms with van der Waals surface area (Å²) in [5.41, 5.74) is 2.26. The van der Waals surface area contributed by atoms with Gasteiger partial charge in [-0.2, -0.15) is 0 Å². The monoisotopic (exact) mass is 309 g/mol. The van der Waals surface area contributed by atoms with Crippen LogP contribution in [-0.4, -0.2) is 54.5 Å². The van der Waals surface area contributed by atoms with E-state index in [0.717, 1.165) is 5.56 Å². The fraction of sp³-hybridized carbons (Fsp3) is 0.467. The second kappa shape index (κ2) is 7.88. The van der Waals surface area contributed by atoms with Crippen molar-refractivity contribution in [2.24, 2.45) is 0 Å². The van der Waals surface area contributed by atoms with Crippen molar-refractivity contribution in [3.63, 3.8) is 0 Å². The zero-order chi connectivity index (χ0) is 15.9. The van der Waals surface area contributed by atoms with Crippen LogP contribution in [0.3, 0.4) is 0 Å². The molecule has 1 saturated heterocycles. The van der Waals surface area contributed by atoms with Gasteiger partial charge in [-0.25, -0.2) is 9.59 Å². The Morgan fingerprint density at radius 1 is 1.36 bits per heavy atom. The zero-order valence-corrected chi connectivity index (χ0v) is 12.4. The zero-order valence-electron chi connectivity index (χ0n) is 12.4. The smallest absolute Gasteiger partial charge is 0.436 e. The number of hydrogen-bond donors (Lipinski definition) is 1. The van der Waals surface area contributed by atoms with E-state index in [2.05, 4.69) is 0 Å². The van der Waals surface area contributed by atoms with E-state index in [9.17, 15) is 9.59 Å². The van der Waals surface area contributed by atoms with Gasteiger partial charge in [0.25, 0.3) is 0 Å². The summed E-state index contributed by atoms with van der Waals surface area (Å²) in [7, 11) is 0. The number of benzene rings is 1. The second-order valence-corrected chi connectivity index (χ2v) is 5.07. The number of carboxylic acids is 1. The van der Waals surface area contributed by atoms with E-state index in [1.165, 1.54) is 10.6 Å². The number of aliphatic carboxylic acids is 1. The van der Waals surface area contributed by atoms with Crippen molar-refractivity contribution in [2.75, 3.05) is 26.3 Å². The molecule has 7 heteroatoms. The first-order chi connectivity index (χ1) is 10.5. The van der Waals surface area contributed by atoms with Crippen LogP contribution in [0.5, 0.6) is 0 Å². The van der Waals surface area contributed by atoms with Gasteiger partial charge in [-0.1, -0.05) is 29.8 Å². The number of hydroxylamine groups is 2. The van der Waals surface area contributed by atoms with E-state index < -0.39 is 11.9 Å². The first-order valence-electron chi connectivity index (χ1n) is 6.99. The molecule has 120 valence electrons. The Kier molecular flexibility index (Phi) is 5.88. The number of hydrogen-bond acceptors (Lipinski definition) is 6. The van der Waals surface area contributed by atoms with Crippen LogP contribution in [-0.2, 0) is 30.5 Å². The highest BCUT2D eigenvalue weighted by atomic mass is 16.7. The molecule has 0 radical (unpaired) electrons. The number of nitrogens with zero attached hydrogens (tertiary/aromatic N) is 1. The normalized spacial score (nSPS) is 18.9. The van der Waals surface area contributed by atoms with Gasteiger partial charge in [-0.05, 0) is 12.5 Å². The topological polar surface area (TPSA) is 85.3 Å². The lowest BCUT2D eigenvalue weighted by molar-refractivity contribution is -0.222. The van der Waals surface area contributed by atoms with Gasteiger partial charge in [0, 0.05) is 0 Å². The molecule has 1 N–H and O–H groups in total. The summed E-state index contributed by atoms with van der Waals surface area (Å²) < 4.78 is 11.1. The number of carbonyl (C=O) groups is 2. The number of carbonyl (C=O) groups excluding carboxylic acids is 1. The summed E-state index contributed by atoms with van der Waals surface area (Å²) >= 11 is 0. The molecule has 1 aliphatic rings. The molecule has 1 aromatic carbocycles. The molecule has 22 heavy (non-hydrogen) atoms. The lowest BCUT2D eigenvalue weighted by atomic mass is 10.2. The fourth-order valence-corrected chi connectivity index (χ4v) is 2.02. The van der Waals surface area contributed by atoms with E-state index >= 15 is 0 Å². The van der Waals surface area contributed by atoms with Gasteiger partial charge in [-0.3, -0.25) is 0 Å². The molecule has 1 atom stereocenters. The summed E-state index contributed by atoms with van der Waals surface area (Å²) in [5.74, 6) is -2.90. The number of aryl methyl sites for hydroxylation is 1. The van der Waals surface area contributed by atoms with Crippen molar-refractivity contribution in [2.45, 2.75) is 19.6 Å². The maximum absolute atomic E-state index is 11.0. The molecular formula is C15H19NO6. The minimum absolute atomic E-state index is 0.263. The maximum atomic E-state index is 11.0. The number of ether oxygens (including phenoxy) is 2. The average Bonchev–Trinajstić information content (AvgIpc) is 2.49. The molecule has 7 nitrogen and oxygen atoms in total. The quantitative estimate of drug-likeness (QED) is 0.803. The Hall–Kier alpha value is -1.96. The predicted octanol–water partition coefficient (Wildman–Crippen LogP) is 0.755. The van der Waals surface area contributed by atoms with Crippen molar-refractivity contribution in [3.8, 4) is 0 Å². The van der Waals surface area contributed by atoms with Crippen LogP contribution in [0.2, 0.25) is 0 Å². The third-order valence-corrected chi connectivity index (χ3v) is 3.18. The molecule has 1 aliphatic heterocycles. The Morgan fingerprint density at radius 2 is 2.09 bits per heavy atom. The molecular weight excluding hydrogens is 290 g/mol. The van der Waals surface area contributed by atoms with Gasteiger partial charge in [0.1, 0.15) is 0 Å². The Morgan fingerprint density at radius 3 is 2.77 bits per heavy atom. The number of rotatable bonds is 5. The van der Waals surface area contributed by atoms with Crippen LogP contribution in [0.4, 0.5) is 0 Å². The van der Waals surface area contributed by atoms with E-state index in [0.29, 0.717) is 26.4 Å². The second-order valence-electron chi connectivity index (χ2n) is 5.07. The predicted molar refractivity (Wildman–Crippen MR) is 75.9 cm³/mol. The van der Waals surface area contributed by atoms with Gasteiger partial charge < -0.3 is 19.4 Å². The first-order valence-corrected chi connectivity index (χ1v) is 6.99. The van der Waals surface area contributed by atoms with Gasteiger partial charge in [-0.15, -0.1) is 5.06 Å². The van der Waals surface area contributed by atoms with Gasteiger partial charge in [0.15, 0.2) is 0 Å². The van der Waals surface area contributed by atoms with E-state index in [1.807, 2.05) is 31.2 Å². The minimum atomic E-state index is -1.61. The van der Waals surface area contributed by atoms with Gasteiger partial charge in [0.2, 0.25) is 0 Å². The Bertz CT molecular complexity index is 515. The number of morpholine rings is 1. The highest BCUT2D eigenvalue weighted by Crippen LogP contribution is 2.09. The van der Waals surface area contributed by atoms with E-state index in [1.54, 1.807) is 0 Å². The summed E-state index contributed by atoms with van der Waals surface area (Å²) in [6.07, 6.45) is -0.263. The summed E-state index contributed by atoms with van der Waals surface area (Å²) in [6.45, 7) is 3.81. The van der Waals surface area contributed by atoms with Gasteiger partial charge >= 0.3 is 11.9 Å². The Labute approximate surface area is 128 Å². The SMILES string of the molecule is Cc1ccc(COCC2CN(OC(=O)C(=O)O)CCO2)cc1. The molecule has 2 rings (SSSR count). The maximum Gasteiger partial charge on any atom is 0.436 e. The van der Waals surface area contributed by atoms with Crippen LogP contribution in [0, 0.1) is 6.92 Å². The van der Waals surface area contributed by atoms with Crippen molar-refractivity contribution < 1.29 is 29.0 Å². The molecule has 0 bridgehead atoms. The summed E-state index contributed by atoms with van der Waals surface area (Å²) in [6, 6.07) is 8.03. The highest BCUT2D eigenvalue weighted by Gasteiger charge is 2.26. The summed E-state index contributed by atoms with van der Waals surface area (Å²) in [4.78, 5) is 26.2. The van der Waals surface area contributed by atoms with Crippen LogP contribution >= 0.6 is 0 Å². The summed E-state index contributed by atoms with van der Waals surface area (Å²) in [5, 5.41) is 9.80. The molecule has 0 amide bonds. The molecule has 1 heterocycles. The highest BCUT2D eigenvalue weighted by molar-refractivity contribution is 6.28. The van der Waals surface area contributed by atoms with E-state index in [4.69, 9.17) is 19.4 Å². The molecule has 0 saturated carbocycles. The molecule has 1 unspecified atom stereocenters. The number of carboxylic acid groups (broad SMARTS) is 1. The fourth-order valence-electron chi connectivity index (χ4n) is 2.02. The van der Waals surface area contributed by atoms with Crippen molar-refractivity contribution in [1.82, 2.24) is 5.06 Å². The molecule has 0 aliphatic carbocycles. The minimum Gasteiger partial charge on any atom is -0.473 e. The largest absolute Gasteiger partial charge is 0.473 e. The molecule has 0 aromatic heterocycles. The Balaban J connectivity index is 1.72. The molecule has 1 aromatic rings. The van der Waals surface area contributed by atoms with E-state index in [-0.39, 0.29) is 12.6 Å². The average molecular weight is 309 g/mol. The first kappa shape index (κ1) is 16.4. The van der Waals surface area contributed by atoms with Crippen LogP contribution in [0.1, 0.15) is 11.1 Å². The lowest BCUT2D eigenvalue weighted by Crippen LogP contribution is -2.46. The van der Waals surface area contributed by atoms with Crippen LogP contribution < -0.4 is 0 Å². The third-order valence-electron chi connectivity index (χ3n) is 3.18. The third kappa shape index (κ3) is 5.10. The van der Waals surface area contributed by atoms with Crippen molar-refractivity contribution >= 4 is 11.9 Å². The standard InChI is InChI=1S/C15H19NO6/c1-11-2-4-12(5-3-11)9-20-10-13-8-16(6-7-21-13)22-15(19)14(17)18/h2-5,13H,6-10H2,1H3,(H,17,18). The van der Waals surface area contributed by atoms with Crippen LogP contribution in [0.25, 0.3) is 0 Å².